The second-order valence-electron chi connectivity index (χ2n) is 2.60. The minimum atomic E-state index is -0.877. The molecule has 15 heavy (non-hydrogen) atoms. The summed E-state index contributed by atoms with van der Waals surface area (Å²) in [6.45, 7) is 0. The molecule has 1 aromatic carbocycles. The number of benzene rings is 1. The van der Waals surface area contributed by atoms with Crippen molar-refractivity contribution in [3.05, 3.63) is 29.3 Å². The summed E-state index contributed by atoms with van der Waals surface area (Å²) >= 11 is 0. The van der Waals surface area contributed by atoms with Gasteiger partial charge in [0.05, 0.1) is 18.4 Å². The van der Waals surface area contributed by atoms with E-state index in [9.17, 15) is 13.6 Å². The molecule has 1 rings (SSSR count). The Balaban J connectivity index is 3.09. The van der Waals surface area contributed by atoms with E-state index in [1.807, 2.05) is 5.92 Å². The number of carbonyl (C=O) groups excluding carboxylic acids is 1. The van der Waals surface area contributed by atoms with Crippen molar-refractivity contribution >= 4 is 11.7 Å². The van der Waals surface area contributed by atoms with E-state index in [0.717, 1.165) is 13.2 Å². The van der Waals surface area contributed by atoms with Crippen LogP contribution in [0.1, 0.15) is 5.56 Å². The van der Waals surface area contributed by atoms with Gasteiger partial charge in [-0.25, -0.2) is 13.6 Å². The highest BCUT2D eigenvalue weighted by molar-refractivity contribution is 5.89. The SMILES string of the molecule is COC(=O)C#Cc1cc(N)c(F)cc1F. The highest BCUT2D eigenvalue weighted by Crippen LogP contribution is 2.15. The summed E-state index contributed by atoms with van der Waals surface area (Å²) in [5.74, 6) is 1.64. The number of hydrogen-bond donors (Lipinski definition) is 1. The van der Waals surface area contributed by atoms with Crippen molar-refractivity contribution in [3.8, 4) is 11.8 Å². The van der Waals surface area contributed by atoms with E-state index in [4.69, 9.17) is 5.73 Å². The summed E-state index contributed by atoms with van der Waals surface area (Å²) in [6.07, 6.45) is 0. The predicted octanol–water partition coefficient (Wildman–Crippen LogP) is 1.07. The van der Waals surface area contributed by atoms with Crippen molar-refractivity contribution in [2.24, 2.45) is 0 Å². The average Bonchev–Trinajstić information content (AvgIpc) is 2.21. The van der Waals surface area contributed by atoms with Crippen LogP contribution in [-0.4, -0.2) is 13.1 Å². The maximum absolute atomic E-state index is 13.0. The normalized spacial score (nSPS) is 9.00. The Kier molecular flexibility index (Phi) is 3.24. The molecule has 0 fully saturated rings. The maximum Gasteiger partial charge on any atom is 0.384 e. The molecule has 0 amide bonds. The van der Waals surface area contributed by atoms with Gasteiger partial charge >= 0.3 is 5.97 Å². The predicted molar refractivity (Wildman–Crippen MR) is 49.7 cm³/mol. The lowest BCUT2D eigenvalue weighted by atomic mass is 10.2. The van der Waals surface area contributed by atoms with Crippen LogP contribution in [0.3, 0.4) is 0 Å². The number of esters is 1. The van der Waals surface area contributed by atoms with Crippen molar-refractivity contribution in [1.82, 2.24) is 0 Å². The first-order chi connectivity index (χ1) is 7.04. The summed E-state index contributed by atoms with van der Waals surface area (Å²) in [4.78, 5) is 10.6. The zero-order chi connectivity index (χ0) is 11.4. The Labute approximate surface area is 84.8 Å². The summed E-state index contributed by atoms with van der Waals surface area (Å²) in [5, 5.41) is 0. The number of ether oxygens (including phenoxy) is 1. The van der Waals surface area contributed by atoms with E-state index >= 15 is 0 Å². The summed E-state index contributed by atoms with van der Waals surface area (Å²) in [7, 11) is 1.15. The van der Waals surface area contributed by atoms with Crippen molar-refractivity contribution in [1.29, 1.82) is 0 Å². The molecule has 0 saturated heterocycles. The molecule has 0 unspecified atom stereocenters. The van der Waals surface area contributed by atoms with Crippen LogP contribution in [0.25, 0.3) is 0 Å². The Morgan fingerprint density at radius 2 is 2.07 bits per heavy atom. The van der Waals surface area contributed by atoms with Gasteiger partial charge < -0.3 is 10.5 Å². The fourth-order valence-electron chi connectivity index (χ4n) is 0.831. The van der Waals surface area contributed by atoms with Gasteiger partial charge in [-0.05, 0) is 6.07 Å². The molecule has 0 spiro atoms. The van der Waals surface area contributed by atoms with Gasteiger partial charge in [0.25, 0.3) is 0 Å². The van der Waals surface area contributed by atoms with E-state index in [-0.39, 0.29) is 11.3 Å². The van der Waals surface area contributed by atoms with E-state index in [1.165, 1.54) is 0 Å². The largest absolute Gasteiger partial charge is 0.459 e. The zero-order valence-electron chi connectivity index (χ0n) is 7.80. The Hall–Kier alpha value is -2.09. The molecule has 0 aliphatic carbocycles. The van der Waals surface area contributed by atoms with Gasteiger partial charge in [0.1, 0.15) is 11.6 Å². The third kappa shape index (κ3) is 2.68. The lowest BCUT2D eigenvalue weighted by Gasteiger charge is -1.98. The van der Waals surface area contributed by atoms with Crippen molar-refractivity contribution in [2.75, 3.05) is 12.8 Å². The summed E-state index contributed by atoms with van der Waals surface area (Å²) < 4.78 is 30.0. The molecule has 0 aliphatic heterocycles. The number of carbonyl (C=O) groups is 1. The molecule has 0 aliphatic rings. The van der Waals surface area contributed by atoms with Crippen LogP contribution in [0.15, 0.2) is 12.1 Å². The second kappa shape index (κ2) is 4.42. The summed E-state index contributed by atoms with van der Waals surface area (Å²) in [5.41, 5.74) is 4.82. The fraction of sp³-hybridized carbons (Fsp3) is 0.100. The highest BCUT2D eigenvalue weighted by atomic mass is 19.1. The van der Waals surface area contributed by atoms with Gasteiger partial charge in [0, 0.05) is 12.0 Å². The molecule has 2 N–H and O–H groups in total. The number of nitrogens with two attached hydrogens (primary N) is 1. The van der Waals surface area contributed by atoms with E-state index in [1.54, 1.807) is 0 Å². The van der Waals surface area contributed by atoms with Crippen molar-refractivity contribution < 1.29 is 18.3 Å². The van der Waals surface area contributed by atoms with E-state index in [0.29, 0.717) is 6.07 Å². The fourth-order valence-corrected chi connectivity index (χ4v) is 0.831. The second-order valence-corrected chi connectivity index (χ2v) is 2.60. The van der Waals surface area contributed by atoms with Gasteiger partial charge in [-0.3, -0.25) is 0 Å². The van der Waals surface area contributed by atoms with Crippen LogP contribution in [0.4, 0.5) is 14.5 Å². The molecule has 1 aromatic rings. The molecule has 3 nitrogen and oxygen atoms in total. The molecule has 78 valence electrons. The van der Waals surface area contributed by atoms with Crippen LogP contribution in [0.2, 0.25) is 0 Å². The molecular weight excluding hydrogens is 204 g/mol. The van der Waals surface area contributed by atoms with Crippen LogP contribution in [-0.2, 0) is 9.53 Å². The third-order valence-corrected chi connectivity index (χ3v) is 1.57. The first-order valence-corrected chi connectivity index (χ1v) is 3.89. The Bertz CT molecular complexity index is 460. The third-order valence-electron chi connectivity index (χ3n) is 1.57. The van der Waals surface area contributed by atoms with Gasteiger partial charge in [-0.2, -0.15) is 0 Å². The summed E-state index contributed by atoms with van der Waals surface area (Å²) in [6, 6.07) is 1.62. The molecule has 0 atom stereocenters. The van der Waals surface area contributed by atoms with Gasteiger partial charge in [0.15, 0.2) is 0 Å². The Morgan fingerprint density at radius 1 is 1.40 bits per heavy atom. The first kappa shape index (κ1) is 11.0. The number of nitrogen functional groups attached to an aromatic ring is 1. The first-order valence-electron chi connectivity index (χ1n) is 3.89. The van der Waals surface area contributed by atoms with Crippen LogP contribution < -0.4 is 5.73 Å². The lowest BCUT2D eigenvalue weighted by Crippen LogP contribution is -1.97. The van der Waals surface area contributed by atoms with Gasteiger partial charge in [0.2, 0.25) is 0 Å². The number of hydrogen-bond acceptors (Lipinski definition) is 3. The number of methoxy groups -OCH3 is 1. The standard InChI is InChI=1S/C10H7F2NO2/c1-15-10(14)3-2-6-4-9(13)8(12)5-7(6)11/h4-5H,13H2,1H3. The number of anilines is 1. The number of halogens is 2. The van der Waals surface area contributed by atoms with Crippen molar-refractivity contribution in [3.63, 3.8) is 0 Å². The smallest absolute Gasteiger partial charge is 0.384 e. The molecule has 0 heterocycles. The highest BCUT2D eigenvalue weighted by Gasteiger charge is 2.05. The molecule has 0 radical (unpaired) electrons. The van der Waals surface area contributed by atoms with Gasteiger partial charge in [-0.15, -0.1) is 0 Å². The minimum absolute atomic E-state index is 0.153. The Morgan fingerprint density at radius 3 is 2.67 bits per heavy atom. The number of rotatable bonds is 0. The van der Waals surface area contributed by atoms with Gasteiger partial charge in [-0.1, -0.05) is 5.92 Å². The van der Waals surface area contributed by atoms with E-state index < -0.39 is 17.6 Å². The molecule has 0 bridgehead atoms. The van der Waals surface area contributed by atoms with Crippen LogP contribution >= 0.6 is 0 Å². The lowest BCUT2D eigenvalue weighted by molar-refractivity contribution is -0.133. The average molecular weight is 211 g/mol. The molecule has 0 saturated carbocycles. The van der Waals surface area contributed by atoms with Crippen molar-refractivity contribution in [2.45, 2.75) is 0 Å². The minimum Gasteiger partial charge on any atom is -0.459 e. The molecule has 5 heteroatoms. The van der Waals surface area contributed by atoms with Crippen LogP contribution in [0, 0.1) is 23.5 Å². The molecular formula is C10H7F2NO2. The topological polar surface area (TPSA) is 52.3 Å². The molecule has 0 aromatic heterocycles. The monoisotopic (exact) mass is 211 g/mol. The maximum atomic E-state index is 13.0. The zero-order valence-corrected chi connectivity index (χ0v) is 7.80. The quantitative estimate of drug-likeness (QED) is 0.396. The van der Waals surface area contributed by atoms with E-state index in [2.05, 4.69) is 10.7 Å². The van der Waals surface area contributed by atoms with Crippen LogP contribution in [0.5, 0.6) is 0 Å².